The lowest BCUT2D eigenvalue weighted by molar-refractivity contribution is 0.0942. The summed E-state index contributed by atoms with van der Waals surface area (Å²) in [7, 11) is 0. The molecule has 0 bridgehead atoms. The smallest absolute Gasteiger partial charge is 0.335 e. The van der Waals surface area contributed by atoms with E-state index in [9.17, 15) is 28.8 Å². The second kappa shape index (κ2) is 24.7. The number of rotatable bonds is 12. The first-order valence-electron chi connectivity index (χ1n) is 23.0. The highest BCUT2D eigenvalue weighted by Gasteiger charge is 2.28. The maximum Gasteiger partial charge on any atom is 0.335 e. The standard InChI is InChI=1S/3C16H19N5O2.2O2S/c3*1-8-3-4-10(16(23)19-11-5-6-11)7-12(8)21-14(17)13(15(18)22)9(2)20-21;2*1-3-2/h3*3-4,7,11H,5-6,17H2,1-2H3,(H2,18,22)(H,19,23);;. The van der Waals surface area contributed by atoms with Crippen LogP contribution in [0.3, 0.4) is 0 Å². The van der Waals surface area contributed by atoms with Crippen LogP contribution >= 0.6 is 0 Å². The van der Waals surface area contributed by atoms with E-state index in [2.05, 4.69) is 31.2 Å². The van der Waals surface area contributed by atoms with Gasteiger partial charge in [-0.25, -0.2) is 14.0 Å². The molecule has 0 atom stereocenters. The highest BCUT2D eigenvalue weighted by atomic mass is 32.1. The minimum atomic E-state index is -0.750. The topological polar surface area (TPSA) is 416 Å². The molecule has 3 aliphatic rings. The monoisotopic (exact) mass is 1070 g/mol. The molecule has 6 amide bonds. The molecule has 27 heteroatoms. The molecule has 3 saturated carbocycles. The summed E-state index contributed by atoms with van der Waals surface area (Å²) in [5.41, 5.74) is 42.3. The van der Waals surface area contributed by atoms with Gasteiger partial charge in [-0.3, -0.25) is 28.8 Å². The molecule has 3 heterocycles. The van der Waals surface area contributed by atoms with Crippen LogP contribution in [-0.2, 0) is 23.1 Å². The van der Waals surface area contributed by atoms with E-state index in [-0.39, 0.29) is 70.0 Å². The molecular weight excluding hydrogens is 1010 g/mol. The fourth-order valence-electron chi connectivity index (χ4n) is 7.53. The maximum atomic E-state index is 12.2. The molecule has 3 aliphatic carbocycles. The number of nitrogens with two attached hydrogens (primary N) is 6. The van der Waals surface area contributed by atoms with E-state index in [1.807, 2.05) is 39.0 Å². The van der Waals surface area contributed by atoms with Crippen molar-refractivity contribution in [2.24, 2.45) is 17.2 Å². The molecule has 75 heavy (non-hydrogen) atoms. The van der Waals surface area contributed by atoms with E-state index in [1.165, 1.54) is 14.0 Å². The molecule has 9 rings (SSSR count). The number of benzene rings is 3. The SMILES string of the molecule is Cc1ccc(C(=O)NC2CC2)cc1-n1nc(C)c(C(N)=O)c1N.Cc1ccc(C(=O)NC2CC2)cc1-n1nc(C)c(C(N)=O)c1N.Cc1ccc(C(=O)NC2CC2)cc1-n1nc(C)c(C(N)=O)c1N.O=S=O.O=S=O. The summed E-state index contributed by atoms with van der Waals surface area (Å²) in [6.07, 6.45) is 6.15. The van der Waals surface area contributed by atoms with Crippen molar-refractivity contribution in [2.75, 3.05) is 17.2 Å². The number of carbonyl (C=O) groups is 6. The molecule has 15 N–H and O–H groups in total. The quantitative estimate of drug-likeness (QED) is 0.0844. The second-order valence-electron chi connectivity index (χ2n) is 17.7. The van der Waals surface area contributed by atoms with Crippen molar-refractivity contribution < 1.29 is 45.6 Å². The third kappa shape index (κ3) is 14.2. The van der Waals surface area contributed by atoms with Gasteiger partial charge in [-0.1, -0.05) is 18.2 Å². The molecular formula is C48H57N15O10S2. The van der Waals surface area contributed by atoms with Crippen molar-refractivity contribution >= 4 is 76.0 Å². The first-order chi connectivity index (χ1) is 35.5. The van der Waals surface area contributed by atoms with E-state index in [1.54, 1.807) is 57.2 Å². The van der Waals surface area contributed by atoms with Crippen molar-refractivity contribution in [1.82, 2.24) is 45.3 Å². The number of nitrogen functional groups attached to an aromatic ring is 3. The van der Waals surface area contributed by atoms with Crippen molar-refractivity contribution in [2.45, 2.75) is 98.2 Å². The summed E-state index contributed by atoms with van der Waals surface area (Å²) in [4.78, 5) is 71.1. The van der Waals surface area contributed by atoms with Gasteiger partial charge in [0.15, 0.2) is 0 Å². The van der Waals surface area contributed by atoms with Crippen LogP contribution in [0, 0.1) is 41.5 Å². The third-order valence-electron chi connectivity index (χ3n) is 11.9. The summed E-state index contributed by atoms with van der Waals surface area (Å²) in [6, 6.07) is 16.8. The van der Waals surface area contributed by atoms with E-state index >= 15 is 0 Å². The summed E-state index contributed by atoms with van der Waals surface area (Å²) in [6.45, 7) is 10.7. The Balaban J connectivity index is 0.000000197. The normalized spacial score (nSPS) is 13.0. The third-order valence-corrected chi connectivity index (χ3v) is 11.9. The minimum Gasteiger partial charge on any atom is -0.383 e. The molecule has 0 radical (unpaired) electrons. The number of nitrogens with zero attached hydrogens (tertiary/aromatic N) is 6. The fourth-order valence-corrected chi connectivity index (χ4v) is 7.53. The number of hydrogen-bond donors (Lipinski definition) is 9. The number of primary amides is 3. The Kier molecular flexibility index (Phi) is 18.8. The number of aromatic nitrogens is 6. The van der Waals surface area contributed by atoms with Crippen LogP contribution in [0.1, 0.15) is 134 Å². The van der Waals surface area contributed by atoms with Crippen LogP contribution in [0.15, 0.2) is 54.6 Å². The van der Waals surface area contributed by atoms with Crippen LogP contribution in [0.5, 0.6) is 0 Å². The minimum absolute atomic E-state index is 0.119. The van der Waals surface area contributed by atoms with Crippen LogP contribution < -0.4 is 50.4 Å². The van der Waals surface area contributed by atoms with Crippen LogP contribution in [0.2, 0.25) is 0 Å². The maximum absolute atomic E-state index is 12.2. The Morgan fingerprint density at radius 3 is 0.827 bits per heavy atom. The molecule has 6 aromatic rings. The average molecular weight is 1070 g/mol. The summed E-state index contributed by atoms with van der Waals surface area (Å²) in [5, 5.41) is 21.7. The van der Waals surface area contributed by atoms with Crippen molar-refractivity contribution in [3.05, 3.63) is 122 Å². The fraction of sp³-hybridized carbons (Fsp3) is 0.312. The highest BCUT2D eigenvalue weighted by Crippen LogP contribution is 2.28. The predicted octanol–water partition coefficient (Wildman–Crippen LogP) is 1.85. The first kappa shape index (κ1) is 57.1. The largest absolute Gasteiger partial charge is 0.383 e. The number of carbonyl (C=O) groups excluding carboxylic acids is 6. The average Bonchev–Trinajstić information content (AvgIpc) is 4.28. The molecule has 396 valence electrons. The van der Waals surface area contributed by atoms with E-state index in [4.69, 9.17) is 51.2 Å². The Bertz CT molecular complexity index is 2950. The predicted molar refractivity (Wildman–Crippen MR) is 277 cm³/mol. The van der Waals surface area contributed by atoms with Gasteiger partial charge in [0.2, 0.25) is 0 Å². The van der Waals surface area contributed by atoms with Crippen molar-refractivity contribution in [3.8, 4) is 17.1 Å². The highest BCUT2D eigenvalue weighted by molar-refractivity contribution is 7.52. The van der Waals surface area contributed by atoms with Crippen molar-refractivity contribution in [1.29, 1.82) is 0 Å². The second-order valence-corrected chi connectivity index (χ2v) is 18.0. The molecule has 0 aliphatic heterocycles. The molecule has 0 saturated heterocycles. The van der Waals surface area contributed by atoms with Gasteiger partial charge in [0.05, 0.1) is 34.1 Å². The zero-order valence-corrected chi connectivity index (χ0v) is 43.4. The van der Waals surface area contributed by atoms with Crippen LogP contribution in [0.25, 0.3) is 17.1 Å². The lowest BCUT2D eigenvalue weighted by atomic mass is 10.1. The number of nitrogens with one attached hydrogen (secondary N) is 3. The zero-order valence-electron chi connectivity index (χ0n) is 41.7. The van der Waals surface area contributed by atoms with Crippen LogP contribution in [-0.4, -0.2) is 99.7 Å². The van der Waals surface area contributed by atoms with E-state index < -0.39 is 40.9 Å². The number of amides is 6. The lowest BCUT2D eigenvalue weighted by Gasteiger charge is -2.11. The van der Waals surface area contributed by atoms with Gasteiger partial charge in [-0.2, -0.15) is 32.1 Å². The van der Waals surface area contributed by atoms with E-state index in [0.29, 0.717) is 50.8 Å². The van der Waals surface area contributed by atoms with E-state index in [0.717, 1.165) is 55.2 Å². The first-order valence-corrected chi connectivity index (χ1v) is 24.3. The van der Waals surface area contributed by atoms with Gasteiger partial charge in [-0.05, 0) is 133 Å². The Hall–Kier alpha value is -8.85. The molecule has 0 unspecified atom stereocenters. The van der Waals surface area contributed by atoms with Gasteiger partial charge in [0.25, 0.3) is 35.4 Å². The number of hydrogen-bond acceptors (Lipinski definition) is 16. The summed E-state index contributed by atoms with van der Waals surface area (Å²) in [5.74, 6) is -1.68. The van der Waals surface area contributed by atoms with Gasteiger partial charge >= 0.3 is 23.1 Å². The van der Waals surface area contributed by atoms with Gasteiger partial charge in [-0.15, -0.1) is 0 Å². The number of anilines is 3. The Morgan fingerprint density at radius 2 is 0.653 bits per heavy atom. The Morgan fingerprint density at radius 1 is 0.440 bits per heavy atom. The molecule has 25 nitrogen and oxygen atoms in total. The lowest BCUT2D eigenvalue weighted by Crippen LogP contribution is -2.25. The Labute approximate surface area is 436 Å². The number of aryl methyl sites for hydroxylation is 6. The molecule has 3 aromatic heterocycles. The van der Waals surface area contributed by atoms with Gasteiger partial charge in [0, 0.05) is 34.8 Å². The van der Waals surface area contributed by atoms with Gasteiger partial charge in [0.1, 0.15) is 34.1 Å². The molecule has 3 fully saturated rings. The van der Waals surface area contributed by atoms with Crippen LogP contribution in [0.4, 0.5) is 17.5 Å². The summed E-state index contributed by atoms with van der Waals surface area (Å²) >= 11 is -1.50. The molecule has 0 spiro atoms. The molecule has 3 aromatic carbocycles. The van der Waals surface area contributed by atoms with Crippen molar-refractivity contribution in [3.63, 3.8) is 0 Å². The zero-order chi connectivity index (χ0) is 55.6. The van der Waals surface area contributed by atoms with Gasteiger partial charge < -0.3 is 50.4 Å². The summed E-state index contributed by atoms with van der Waals surface area (Å²) < 4.78 is 37.5.